The monoisotopic (exact) mass is 166 g/mol. The van der Waals surface area contributed by atoms with E-state index in [9.17, 15) is 12.3 Å². The summed E-state index contributed by atoms with van der Waals surface area (Å²) in [7, 11) is -4.49. The summed E-state index contributed by atoms with van der Waals surface area (Å²) >= 11 is 0. The van der Waals surface area contributed by atoms with E-state index in [1.165, 1.54) is 0 Å². The summed E-state index contributed by atoms with van der Waals surface area (Å²) in [6.07, 6.45) is 1.78. The first-order valence-electron chi connectivity index (χ1n) is 2.86. The van der Waals surface area contributed by atoms with Gasteiger partial charge in [-0.05, 0) is 12.8 Å². The number of rotatable bonds is 1. The second-order valence-electron chi connectivity index (χ2n) is 2.00. The van der Waals surface area contributed by atoms with Gasteiger partial charge in [0.15, 0.2) is 0 Å². The summed E-state index contributed by atoms with van der Waals surface area (Å²) in [6.45, 7) is 0.471. The van der Waals surface area contributed by atoms with E-state index in [0.29, 0.717) is 13.0 Å². The Morgan fingerprint density at radius 3 is 2.60 bits per heavy atom. The molecule has 0 aromatic rings. The van der Waals surface area contributed by atoms with Gasteiger partial charge in [-0.25, -0.2) is 0 Å². The molecule has 0 saturated carbocycles. The first-order valence-corrected chi connectivity index (χ1v) is 4.24. The average Bonchev–Trinajstić information content (AvgIpc) is 1.88. The number of hydrogen-bond acceptors (Lipinski definition) is 3. The Bertz CT molecular complexity index is 242. The highest BCUT2D eigenvalue weighted by molar-refractivity contribution is 7.90. The summed E-state index contributed by atoms with van der Waals surface area (Å²) < 4.78 is 37.1. The standard InChI is InChI=1S/C5H7FO3S/c6-10(7,8)5-2-1-3-9-4-5/h4H,1-3H2. The van der Waals surface area contributed by atoms with Crippen molar-refractivity contribution in [3.63, 3.8) is 0 Å². The second kappa shape index (κ2) is 2.57. The Balaban J connectivity index is 2.82. The van der Waals surface area contributed by atoms with E-state index in [4.69, 9.17) is 0 Å². The van der Waals surface area contributed by atoms with Crippen molar-refractivity contribution >= 4 is 10.2 Å². The average molecular weight is 166 g/mol. The van der Waals surface area contributed by atoms with Crippen LogP contribution >= 0.6 is 0 Å². The molecule has 1 aliphatic heterocycles. The van der Waals surface area contributed by atoms with Gasteiger partial charge in [0.25, 0.3) is 0 Å². The lowest BCUT2D eigenvalue weighted by molar-refractivity contribution is 0.228. The molecule has 0 aliphatic carbocycles. The zero-order chi connectivity index (χ0) is 7.61. The molecule has 0 amide bonds. The lowest BCUT2D eigenvalue weighted by atomic mass is 10.3. The van der Waals surface area contributed by atoms with Crippen molar-refractivity contribution in [1.29, 1.82) is 0 Å². The van der Waals surface area contributed by atoms with Crippen LogP contribution in [-0.4, -0.2) is 15.0 Å². The molecule has 0 atom stereocenters. The lowest BCUT2D eigenvalue weighted by Gasteiger charge is -2.08. The van der Waals surface area contributed by atoms with Gasteiger partial charge >= 0.3 is 10.2 Å². The number of allylic oxidation sites excluding steroid dienone is 1. The van der Waals surface area contributed by atoms with Crippen molar-refractivity contribution in [3.8, 4) is 0 Å². The van der Waals surface area contributed by atoms with Gasteiger partial charge < -0.3 is 4.74 Å². The summed E-state index contributed by atoms with van der Waals surface area (Å²) in [4.78, 5) is -0.251. The molecule has 0 radical (unpaired) electrons. The number of halogens is 1. The van der Waals surface area contributed by atoms with Crippen molar-refractivity contribution in [2.24, 2.45) is 0 Å². The molecule has 10 heavy (non-hydrogen) atoms. The van der Waals surface area contributed by atoms with Gasteiger partial charge in [-0.1, -0.05) is 0 Å². The highest BCUT2D eigenvalue weighted by atomic mass is 32.3. The molecule has 0 fully saturated rings. The van der Waals surface area contributed by atoms with E-state index in [1.54, 1.807) is 0 Å². The topological polar surface area (TPSA) is 43.4 Å². The molecular weight excluding hydrogens is 159 g/mol. The predicted molar refractivity (Wildman–Crippen MR) is 33.3 cm³/mol. The molecule has 0 aromatic heterocycles. The molecule has 0 spiro atoms. The normalized spacial score (nSPS) is 19.5. The van der Waals surface area contributed by atoms with E-state index in [2.05, 4.69) is 4.74 Å². The van der Waals surface area contributed by atoms with Gasteiger partial charge in [0.2, 0.25) is 0 Å². The van der Waals surface area contributed by atoms with Gasteiger partial charge in [-0.2, -0.15) is 8.42 Å². The summed E-state index contributed by atoms with van der Waals surface area (Å²) in [5.74, 6) is 0. The van der Waals surface area contributed by atoms with Crippen LogP contribution in [0.4, 0.5) is 3.89 Å². The van der Waals surface area contributed by atoms with Crippen LogP contribution in [-0.2, 0) is 15.0 Å². The Morgan fingerprint density at radius 2 is 2.30 bits per heavy atom. The van der Waals surface area contributed by atoms with E-state index in [1.807, 2.05) is 0 Å². The van der Waals surface area contributed by atoms with Crippen LogP contribution in [0.2, 0.25) is 0 Å². The van der Waals surface area contributed by atoms with Crippen molar-refractivity contribution < 1.29 is 17.0 Å². The quantitative estimate of drug-likeness (QED) is 0.544. The van der Waals surface area contributed by atoms with Crippen LogP contribution in [0.25, 0.3) is 0 Å². The molecule has 0 N–H and O–H groups in total. The van der Waals surface area contributed by atoms with Crippen LogP contribution in [0.3, 0.4) is 0 Å². The van der Waals surface area contributed by atoms with Crippen molar-refractivity contribution in [1.82, 2.24) is 0 Å². The second-order valence-corrected chi connectivity index (χ2v) is 3.40. The highest BCUT2D eigenvalue weighted by Crippen LogP contribution is 2.18. The minimum absolute atomic E-state index is 0.249. The van der Waals surface area contributed by atoms with Crippen molar-refractivity contribution in [3.05, 3.63) is 11.2 Å². The smallest absolute Gasteiger partial charge is 0.331 e. The minimum atomic E-state index is -4.49. The van der Waals surface area contributed by atoms with Crippen LogP contribution in [0, 0.1) is 0 Å². The lowest BCUT2D eigenvalue weighted by Crippen LogP contribution is -2.04. The SMILES string of the molecule is O=S(=O)(F)C1=COCCC1. The fraction of sp³-hybridized carbons (Fsp3) is 0.600. The van der Waals surface area contributed by atoms with Crippen molar-refractivity contribution in [2.45, 2.75) is 12.8 Å². The fourth-order valence-electron chi connectivity index (χ4n) is 0.720. The number of hydrogen-bond donors (Lipinski definition) is 0. The zero-order valence-electron chi connectivity index (χ0n) is 5.21. The van der Waals surface area contributed by atoms with Gasteiger partial charge in [-0.15, -0.1) is 3.89 Å². The van der Waals surface area contributed by atoms with Gasteiger partial charge in [0.05, 0.1) is 6.61 Å². The maximum atomic E-state index is 12.1. The zero-order valence-corrected chi connectivity index (χ0v) is 6.03. The van der Waals surface area contributed by atoms with Crippen LogP contribution < -0.4 is 0 Å². The van der Waals surface area contributed by atoms with Gasteiger partial charge in [0.1, 0.15) is 11.2 Å². The molecule has 58 valence electrons. The minimum Gasteiger partial charge on any atom is -0.500 e. The van der Waals surface area contributed by atoms with Crippen LogP contribution in [0.1, 0.15) is 12.8 Å². The Morgan fingerprint density at radius 1 is 1.60 bits per heavy atom. The van der Waals surface area contributed by atoms with Gasteiger partial charge in [-0.3, -0.25) is 0 Å². The molecule has 1 heterocycles. The Labute approximate surface area is 58.7 Å². The van der Waals surface area contributed by atoms with Gasteiger partial charge in [0, 0.05) is 0 Å². The van der Waals surface area contributed by atoms with E-state index in [0.717, 1.165) is 6.26 Å². The predicted octanol–water partition coefficient (Wildman–Crippen LogP) is 0.938. The molecule has 0 bridgehead atoms. The van der Waals surface area contributed by atoms with E-state index in [-0.39, 0.29) is 11.3 Å². The molecule has 0 unspecified atom stereocenters. The largest absolute Gasteiger partial charge is 0.500 e. The van der Waals surface area contributed by atoms with E-state index >= 15 is 0 Å². The molecule has 1 rings (SSSR count). The van der Waals surface area contributed by atoms with Crippen molar-refractivity contribution in [2.75, 3.05) is 6.61 Å². The highest BCUT2D eigenvalue weighted by Gasteiger charge is 2.18. The molecular formula is C5H7FO3S. The molecule has 5 heteroatoms. The third-order valence-corrected chi connectivity index (χ3v) is 2.14. The Kier molecular flexibility index (Phi) is 1.94. The number of ether oxygens (including phenoxy) is 1. The first kappa shape index (κ1) is 7.53. The van der Waals surface area contributed by atoms with E-state index < -0.39 is 10.2 Å². The maximum absolute atomic E-state index is 12.1. The third-order valence-electron chi connectivity index (χ3n) is 1.21. The molecule has 0 saturated heterocycles. The molecule has 0 aromatic carbocycles. The summed E-state index contributed by atoms with van der Waals surface area (Å²) in [5, 5.41) is 0. The summed E-state index contributed by atoms with van der Waals surface area (Å²) in [6, 6.07) is 0. The third kappa shape index (κ3) is 1.70. The molecule has 1 aliphatic rings. The first-order chi connectivity index (χ1) is 4.61. The maximum Gasteiger partial charge on any atom is 0.331 e. The fourth-order valence-corrected chi connectivity index (χ4v) is 1.29. The van der Waals surface area contributed by atoms with Crippen LogP contribution in [0.15, 0.2) is 11.2 Å². The Hall–Kier alpha value is -0.580. The summed E-state index contributed by atoms with van der Waals surface area (Å²) in [5.41, 5.74) is 0. The van der Waals surface area contributed by atoms with Crippen LogP contribution in [0.5, 0.6) is 0 Å². The molecule has 3 nitrogen and oxygen atoms in total.